The van der Waals surface area contributed by atoms with Crippen molar-refractivity contribution in [3.63, 3.8) is 0 Å². The third-order valence-electron chi connectivity index (χ3n) is 1.70. The molecule has 1 aromatic rings. The summed E-state index contributed by atoms with van der Waals surface area (Å²) in [5, 5.41) is -0.479. The van der Waals surface area contributed by atoms with E-state index >= 15 is 0 Å². The molecule has 1 aromatic carbocycles. The summed E-state index contributed by atoms with van der Waals surface area (Å²) in [6.07, 6.45) is 0. The van der Waals surface area contributed by atoms with E-state index in [1.54, 1.807) is 0 Å². The summed E-state index contributed by atoms with van der Waals surface area (Å²) < 4.78 is 9.66. The predicted molar refractivity (Wildman–Crippen MR) is 63.5 cm³/mol. The molecule has 0 fully saturated rings. The van der Waals surface area contributed by atoms with Gasteiger partial charge in [-0.2, -0.15) is 0 Å². The second kappa shape index (κ2) is 7.58. The van der Waals surface area contributed by atoms with E-state index in [0.29, 0.717) is 0 Å². The van der Waals surface area contributed by atoms with Gasteiger partial charge in [-0.25, -0.2) is 0 Å². The molecule has 1 rings (SSSR count). The van der Waals surface area contributed by atoms with Gasteiger partial charge in [0, 0.05) is 19.4 Å². The average Bonchev–Trinajstić information content (AvgIpc) is 2.18. The van der Waals surface area contributed by atoms with Gasteiger partial charge >= 0.3 is 41.5 Å². The van der Waals surface area contributed by atoms with Crippen molar-refractivity contribution in [2.24, 2.45) is 0 Å². The Labute approximate surface area is 133 Å². The van der Waals surface area contributed by atoms with E-state index in [1.165, 1.54) is 32.0 Å². The molecule has 0 saturated carbocycles. The molecule has 0 unspecified atom stereocenters. The topological polar surface area (TPSA) is 69.7 Å². The second-order valence-corrected chi connectivity index (χ2v) is 3.56. The minimum atomic E-state index is -0.581. The first-order chi connectivity index (χ1) is 7.90. The fourth-order valence-corrected chi connectivity index (χ4v) is 1.25. The number of esters is 2. The Bertz CT molecular complexity index is 492. The van der Waals surface area contributed by atoms with Crippen molar-refractivity contribution >= 4 is 29.7 Å². The summed E-state index contributed by atoms with van der Waals surface area (Å²) in [6, 6.07) is 4.07. The summed E-state index contributed by atoms with van der Waals surface area (Å²) in [4.78, 5) is 32.7. The van der Waals surface area contributed by atoms with Crippen LogP contribution in [0.25, 0.3) is 0 Å². The number of thiol groups is 1. The van der Waals surface area contributed by atoms with E-state index < -0.39 is 17.1 Å². The maximum Gasteiger partial charge on any atom is 1.00 e. The van der Waals surface area contributed by atoms with Crippen molar-refractivity contribution in [1.29, 1.82) is 0 Å². The molecule has 0 aliphatic carbocycles. The Hall–Kier alpha value is -0.820. The normalized spacial score (nSPS) is 9.06. The fraction of sp³-hybridized carbons (Fsp3) is 0.182. The molecule has 0 spiro atoms. The summed E-state index contributed by atoms with van der Waals surface area (Å²) in [5.41, 5.74) is 0.237. The molecule has 0 bridgehead atoms. The molecule has 0 atom stereocenters. The smallest absolute Gasteiger partial charge is 1.00 e. The number of ether oxygens (including phenoxy) is 2. The SMILES string of the molecule is CC(=O)Oc1ccc(C(=O)S)cc1OC(C)=O.[H-].[Na+]. The molecule has 0 aromatic heterocycles. The van der Waals surface area contributed by atoms with Gasteiger partial charge in [0.15, 0.2) is 11.5 Å². The fourth-order valence-electron chi connectivity index (χ4n) is 1.11. The van der Waals surface area contributed by atoms with Crippen molar-refractivity contribution < 1.29 is 54.8 Å². The van der Waals surface area contributed by atoms with Gasteiger partial charge in [0.25, 0.3) is 0 Å². The molecule has 0 aliphatic heterocycles. The number of rotatable bonds is 3. The molecule has 0 aliphatic rings. The maximum absolute atomic E-state index is 11.0. The third kappa shape index (κ3) is 5.22. The van der Waals surface area contributed by atoms with E-state index in [4.69, 9.17) is 9.47 Å². The number of hydrogen-bond donors (Lipinski definition) is 1. The molecule has 0 N–H and O–H groups in total. The van der Waals surface area contributed by atoms with Crippen LogP contribution in [-0.4, -0.2) is 17.1 Å². The van der Waals surface area contributed by atoms with Crippen molar-refractivity contribution in [2.45, 2.75) is 13.8 Å². The van der Waals surface area contributed by atoms with Crippen LogP contribution >= 0.6 is 12.6 Å². The van der Waals surface area contributed by atoms with Gasteiger partial charge in [-0.15, -0.1) is 12.6 Å². The van der Waals surface area contributed by atoms with Crippen LogP contribution in [0.5, 0.6) is 11.5 Å². The molecule has 0 heterocycles. The Morgan fingerprint density at radius 1 is 1.06 bits per heavy atom. The summed E-state index contributed by atoms with van der Waals surface area (Å²) in [5.74, 6) is -1.05. The molecule has 0 saturated heterocycles. The minimum absolute atomic E-state index is 0. The Morgan fingerprint density at radius 3 is 2.00 bits per heavy atom. The van der Waals surface area contributed by atoms with Gasteiger partial charge in [0.2, 0.25) is 5.12 Å². The van der Waals surface area contributed by atoms with Crippen LogP contribution in [0, 0.1) is 0 Å². The van der Waals surface area contributed by atoms with Gasteiger partial charge in [-0.3, -0.25) is 14.4 Å². The minimum Gasteiger partial charge on any atom is -1.00 e. The summed E-state index contributed by atoms with van der Waals surface area (Å²) in [6.45, 7) is 2.42. The molecular weight excluding hydrogens is 267 g/mol. The Kier molecular flexibility index (Phi) is 7.23. The van der Waals surface area contributed by atoms with Gasteiger partial charge in [0.1, 0.15) is 0 Å². The van der Waals surface area contributed by atoms with Crippen LogP contribution in [0.4, 0.5) is 0 Å². The van der Waals surface area contributed by atoms with E-state index in [2.05, 4.69) is 12.6 Å². The molecule has 92 valence electrons. The van der Waals surface area contributed by atoms with Crippen molar-refractivity contribution in [1.82, 2.24) is 0 Å². The maximum atomic E-state index is 11.0. The van der Waals surface area contributed by atoms with Crippen molar-refractivity contribution in [3.05, 3.63) is 23.8 Å². The number of benzene rings is 1. The van der Waals surface area contributed by atoms with Gasteiger partial charge in [-0.05, 0) is 18.2 Å². The van der Waals surface area contributed by atoms with E-state index in [1.807, 2.05) is 0 Å². The standard InChI is InChI=1S/C11H10O5S.Na.H/c1-6(12)15-9-4-3-8(11(14)17)5-10(9)16-7(2)13;;/h3-5H,1-2H3,(H,14,17);;/q;+1;-1. The van der Waals surface area contributed by atoms with Crippen LogP contribution in [0.15, 0.2) is 18.2 Å². The molecule has 0 amide bonds. The molecule has 5 nitrogen and oxygen atoms in total. The average molecular weight is 278 g/mol. The molecule has 18 heavy (non-hydrogen) atoms. The monoisotopic (exact) mass is 278 g/mol. The molecule has 0 radical (unpaired) electrons. The van der Waals surface area contributed by atoms with E-state index in [0.717, 1.165) is 0 Å². The number of carbonyl (C=O) groups excluding carboxylic acids is 3. The van der Waals surface area contributed by atoms with Crippen LogP contribution < -0.4 is 39.0 Å². The van der Waals surface area contributed by atoms with E-state index in [9.17, 15) is 14.4 Å². The zero-order chi connectivity index (χ0) is 13.0. The third-order valence-corrected chi connectivity index (χ3v) is 1.96. The second-order valence-electron chi connectivity index (χ2n) is 3.15. The Morgan fingerprint density at radius 2 is 1.56 bits per heavy atom. The van der Waals surface area contributed by atoms with Gasteiger partial charge < -0.3 is 10.9 Å². The Balaban J connectivity index is 0. The van der Waals surface area contributed by atoms with Crippen LogP contribution in [0.1, 0.15) is 25.6 Å². The summed E-state index contributed by atoms with van der Waals surface area (Å²) >= 11 is 3.64. The molecular formula is C11H11NaO5S. The zero-order valence-electron chi connectivity index (χ0n) is 11.2. The number of hydrogen-bond acceptors (Lipinski definition) is 5. The van der Waals surface area contributed by atoms with Crippen LogP contribution in [0.2, 0.25) is 0 Å². The van der Waals surface area contributed by atoms with Crippen molar-refractivity contribution in [2.75, 3.05) is 0 Å². The zero-order valence-corrected chi connectivity index (χ0v) is 13.1. The number of carbonyl (C=O) groups is 3. The van der Waals surface area contributed by atoms with Crippen molar-refractivity contribution in [3.8, 4) is 11.5 Å². The van der Waals surface area contributed by atoms with E-state index in [-0.39, 0.29) is 48.0 Å². The summed E-state index contributed by atoms with van der Waals surface area (Å²) in [7, 11) is 0. The molecule has 7 heteroatoms. The van der Waals surface area contributed by atoms with Gasteiger partial charge in [0.05, 0.1) is 0 Å². The first-order valence-electron chi connectivity index (χ1n) is 4.64. The quantitative estimate of drug-likeness (QED) is 0.323. The van der Waals surface area contributed by atoms with Gasteiger partial charge in [-0.1, -0.05) is 0 Å². The first-order valence-corrected chi connectivity index (χ1v) is 5.09. The van der Waals surface area contributed by atoms with Crippen LogP contribution in [0.3, 0.4) is 0 Å². The van der Waals surface area contributed by atoms with Crippen LogP contribution in [-0.2, 0) is 9.59 Å². The largest absolute Gasteiger partial charge is 1.00 e. The predicted octanol–water partition coefficient (Wildman–Crippen LogP) is -1.28. The first kappa shape index (κ1) is 17.2.